The van der Waals surface area contributed by atoms with Crippen molar-refractivity contribution in [2.45, 2.75) is 13.8 Å². The van der Waals surface area contributed by atoms with Crippen LogP contribution < -0.4 is 0 Å². The van der Waals surface area contributed by atoms with E-state index in [1.807, 2.05) is 6.92 Å². The van der Waals surface area contributed by atoms with E-state index in [2.05, 4.69) is 4.99 Å². The van der Waals surface area contributed by atoms with Crippen LogP contribution in [0.3, 0.4) is 0 Å². The fraction of sp³-hybridized carbons (Fsp3) is 0.500. The Hall–Kier alpha value is -0.790. The van der Waals surface area contributed by atoms with Crippen molar-refractivity contribution in [3.8, 4) is 0 Å². The predicted octanol–water partition coefficient (Wildman–Crippen LogP) is 1.54. The number of nitrogens with zero attached hydrogens (tertiary/aromatic N) is 1. The second-order valence-corrected chi connectivity index (χ2v) is 1.34. The van der Waals surface area contributed by atoms with Crippen molar-refractivity contribution in [3.05, 3.63) is 11.8 Å². The van der Waals surface area contributed by atoms with E-state index in [0.29, 0.717) is 0 Å². The first-order chi connectivity index (χ1) is 3.81. The third-order valence-corrected chi connectivity index (χ3v) is 0.702. The maximum absolute atomic E-state index is 8.70. The molecule has 0 aliphatic carbocycles. The molecule has 0 aromatic rings. The zero-order chi connectivity index (χ0) is 6.41. The summed E-state index contributed by atoms with van der Waals surface area (Å²) < 4.78 is 0. The topological polar surface area (TPSA) is 32.6 Å². The molecular formula is C6H11NO. The van der Waals surface area contributed by atoms with Gasteiger partial charge in [0.25, 0.3) is 0 Å². The Morgan fingerprint density at radius 2 is 2.38 bits per heavy atom. The zero-order valence-corrected chi connectivity index (χ0v) is 5.26. The SMILES string of the molecule is C/C=C(/O)C=NCC. The molecule has 2 heteroatoms. The van der Waals surface area contributed by atoms with Crippen LogP contribution in [0, 0.1) is 0 Å². The van der Waals surface area contributed by atoms with E-state index in [1.54, 1.807) is 13.0 Å². The van der Waals surface area contributed by atoms with Gasteiger partial charge in [-0.1, -0.05) is 0 Å². The minimum Gasteiger partial charge on any atom is -0.507 e. The average molecular weight is 113 g/mol. The van der Waals surface area contributed by atoms with Crippen LogP contribution in [0.2, 0.25) is 0 Å². The van der Waals surface area contributed by atoms with E-state index in [0.717, 1.165) is 6.54 Å². The van der Waals surface area contributed by atoms with Gasteiger partial charge in [-0.15, -0.1) is 0 Å². The number of hydrogen-bond donors (Lipinski definition) is 1. The molecule has 0 saturated carbocycles. The molecule has 0 aromatic heterocycles. The van der Waals surface area contributed by atoms with Crippen LogP contribution in [0.15, 0.2) is 16.8 Å². The number of rotatable bonds is 2. The molecule has 1 N–H and O–H groups in total. The molecule has 0 heterocycles. The van der Waals surface area contributed by atoms with Gasteiger partial charge in [0, 0.05) is 6.54 Å². The van der Waals surface area contributed by atoms with Crippen LogP contribution in [0.5, 0.6) is 0 Å². The van der Waals surface area contributed by atoms with Crippen LogP contribution in [0.1, 0.15) is 13.8 Å². The van der Waals surface area contributed by atoms with Crippen molar-refractivity contribution in [1.29, 1.82) is 0 Å². The lowest BCUT2D eigenvalue weighted by molar-refractivity contribution is 0.445. The van der Waals surface area contributed by atoms with Crippen molar-refractivity contribution in [1.82, 2.24) is 0 Å². The lowest BCUT2D eigenvalue weighted by Gasteiger charge is -1.83. The van der Waals surface area contributed by atoms with Gasteiger partial charge in [-0.25, -0.2) is 0 Å². The fourth-order valence-corrected chi connectivity index (χ4v) is 0.259. The van der Waals surface area contributed by atoms with Gasteiger partial charge >= 0.3 is 0 Å². The van der Waals surface area contributed by atoms with E-state index in [-0.39, 0.29) is 5.76 Å². The number of aliphatic hydroxyl groups is 1. The Morgan fingerprint density at radius 3 is 2.75 bits per heavy atom. The molecule has 8 heavy (non-hydrogen) atoms. The second kappa shape index (κ2) is 4.37. The molecule has 0 fully saturated rings. The van der Waals surface area contributed by atoms with Gasteiger partial charge in [-0.3, -0.25) is 4.99 Å². The molecule has 0 amide bonds. The minimum atomic E-state index is 0.229. The summed E-state index contributed by atoms with van der Waals surface area (Å²) in [6.07, 6.45) is 3.04. The van der Waals surface area contributed by atoms with Crippen molar-refractivity contribution >= 4 is 6.21 Å². The Balaban J connectivity index is 3.53. The highest BCUT2D eigenvalue weighted by Crippen LogP contribution is 1.79. The van der Waals surface area contributed by atoms with Gasteiger partial charge < -0.3 is 5.11 Å². The van der Waals surface area contributed by atoms with E-state index in [1.165, 1.54) is 6.21 Å². The molecule has 0 unspecified atom stereocenters. The summed E-state index contributed by atoms with van der Waals surface area (Å²) in [5.74, 6) is 0.229. The first-order valence-electron chi connectivity index (χ1n) is 2.66. The molecule has 0 aromatic carbocycles. The third-order valence-electron chi connectivity index (χ3n) is 0.702. The quantitative estimate of drug-likeness (QED) is 0.427. The molecular weight excluding hydrogens is 102 g/mol. The van der Waals surface area contributed by atoms with Crippen LogP contribution in [-0.4, -0.2) is 17.9 Å². The molecule has 0 bridgehead atoms. The number of hydrogen-bond acceptors (Lipinski definition) is 2. The summed E-state index contributed by atoms with van der Waals surface area (Å²) in [6.45, 7) is 4.40. The summed E-state index contributed by atoms with van der Waals surface area (Å²) in [5.41, 5.74) is 0. The van der Waals surface area contributed by atoms with Crippen LogP contribution in [-0.2, 0) is 0 Å². The Bertz CT molecular complexity index is 105. The average Bonchev–Trinajstić information content (AvgIpc) is 1.83. The summed E-state index contributed by atoms with van der Waals surface area (Å²) in [7, 11) is 0. The van der Waals surface area contributed by atoms with Gasteiger partial charge in [0.15, 0.2) is 0 Å². The molecule has 0 aliphatic rings. The molecule has 0 radical (unpaired) electrons. The first-order valence-corrected chi connectivity index (χ1v) is 2.66. The van der Waals surface area contributed by atoms with Crippen molar-refractivity contribution < 1.29 is 5.11 Å². The van der Waals surface area contributed by atoms with Crippen molar-refractivity contribution in [3.63, 3.8) is 0 Å². The van der Waals surface area contributed by atoms with E-state index in [4.69, 9.17) is 5.11 Å². The largest absolute Gasteiger partial charge is 0.507 e. The van der Waals surface area contributed by atoms with Gasteiger partial charge in [0.2, 0.25) is 0 Å². The summed E-state index contributed by atoms with van der Waals surface area (Å²) in [6, 6.07) is 0. The van der Waals surface area contributed by atoms with Crippen LogP contribution in [0.4, 0.5) is 0 Å². The Morgan fingerprint density at radius 1 is 1.75 bits per heavy atom. The van der Waals surface area contributed by atoms with Crippen molar-refractivity contribution in [2.24, 2.45) is 4.99 Å². The van der Waals surface area contributed by atoms with E-state index in [9.17, 15) is 0 Å². The minimum absolute atomic E-state index is 0.229. The summed E-state index contributed by atoms with van der Waals surface area (Å²) in [5, 5.41) is 8.70. The molecule has 0 saturated heterocycles. The van der Waals surface area contributed by atoms with Crippen molar-refractivity contribution in [2.75, 3.05) is 6.54 Å². The Labute approximate surface area is 49.6 Å². The van der Waals surface area contributed by atoms with Gasteiger partial charge in [0.05, 0.1) is 6.21 Å². The molecule has 0 rings (SSSR count). The lowest BCUT2D eigenvalue weighted by Crippen LogP contribution is -1.80. The summed E-state index contributed by atoms with van der Waals surface area (Å²) in [4.78, 5) is 3.80. The van der Waals surface area contributed by atoms with Gasteiger partial charge in [-0.2, -0.15) is 0 Å². The number of allylic oxidation sites excluding steroid dienone is 2. The first kappa shape index (κ1) is 7.21. The zero-order valence-electron chi connectivity index (χ0n) is 5.26. The van der Waals surface area contributed by atoms with Crippen LogP contribution in [0.25, 0.3) is 0 Å². The highest BCUT2D eigenvalue weighted by Gasteiger charge is 1.76. The van der Waals surface area contributed by atoms with Crippen LogP contribution >= 0.6 is 0 Å². The molecule has 0 aliphatic heterocycles. The normalized spacial score (nSPS) is 13.0. The monoisotopic (exact) mass is 113 g/mol. The lowest BCUT2D eigenvalue weighted by atomic mass is 10.5. The molecule has 2 nitrogen and oxygen atoms in total. The maximum Gasteiger partial charge on any atom is 0.129 e. The molecule has 0 spiro atoms. The molecule has 0 atom stereocenters. The van der Waals surface area contributed by atoms with E-state index < -0.39 is 0 Å². The highest BCUT2D eigenvalue weighted by molar-refractivity contribution is 5.74. The van der Waals surface area contributed by atoms with E-state index >= 15 is 0 Å². The highest BCUT2D eigenvalue weighted by atomic mass is 16.3. The second-order valence-electron chi connectivity index (χ2n) is 1.34. The standard InChI is InChI=1S/C6H11NO/c1-3-6(8)5-7-4-2/h3,5,8H,4H2,1-2H3/b6-3+,7-5?. The maximum atomic E-state index is 8.70. The summed E-state index contributed by atoms with van der Waals surface area (Å²) >= 11 is 0. The smallest absolute Gasteiger partial charge is 0.129 e. The number of aliphatic imine (C=N–C) groups is 1. The third kappa shape index (κ3) is 3.40. The fourth-order valence-electron chi connectivity index (χ4n) is 0.259. The van der Waals surface area contributed by atoms with Gasteiger partial charge in [-0.05, 0) is 19.9 Å². The predicted molar refractivity (Wildman–Crippen MR) is 35.4 cm³/mol. The number of aliphatic hydroxyl groups excluding tert-OH is 1. The molecule has 46 valence electrons. The Kier molecular flexibility index (Phi) is 3.94. The van der Waals surface area contributed by atoms with Gasteiger partial charge in [0.1, 0.15) is 5.76 Å².